The third-order valence-electron chi connectivity index (χ3n) is 5.44. The van der Waals surface area contributed by atoms with Gasteiger partial charge in [0.15, 0.2) is 0 Å². The normalized spacial score (nSPS) is 25.7. The Bertz CT molecular complexity index is 778. The standard InChI is InChI=1S/C20H23N3O2S/c21-16-13-22(12-15(16)14-6-2-1-3-7-14)19(24)17-8-4-10-23(17)20(25)18-9-5-11-26-18/h1-3,5-7,9,11,15-17H,4,8,10,12-13,21H2/t15-,16+,17?/m0/s1. The van der Waals surface area contributed by atoms with Crippen LogP contribution in [0.1, 0.15) is 34.0 Å². The van der Waals surface area contributed by atoms with Gasteiger partial charge >= 0.3 is 0 Å². The van der Waals surface area contributed by atoms with E-state index in [4.69, 9.17) is 5.73 Å². The molecule has 2 fully saturated rings. The van der Waals surface area contributed by atoms with Crippen LogP contribution in [0.2, 0.25) is 0 Å². The quantitative estimate of drug-likeness (QED) is 0.903. The molecule has 0 radical (unpaired) electrons. The molecule has 2 aromatic rings. The number of carbonyl (C=O) groups excluding carboxylic acids is 2. The number of rotatable bonds is 3. The van der Waals surface area contributed by atoms with Gasteiger partial charge in [-0.3, -0.25) is 9.59 Å². The van der Waals surface area contributed by atoms with Crippen LogP contribution in [0.4, 0.5) is 0 Å². The summed E-state index contributed by atoms with van der Waals surface area (Å²) in [7, 11) is 0. The van der Waals surface area contributed by atoms with E-state index < -0.39 is 0 Å². The van der Waals surface area contributed by atoms with Crippen LogP contribution in [0, 0.1) is 0 Å². The van der Waals surface area contributed by atoms with Gasteiger partial charge in [-0.2, -0.15) is 0 Å². The van der Waals surface area contributed by atoms with E-state index >= 15 is 0 Å². The van der Waals surface area contributed by atoms with Crippen LogP contribution in [0.5, 0.6) is 0 Å². The average Bonchev–Trinajstić information content (AvgIpc) is 3.41. The van der Waals surface area contributed by atoms with Crippen LogP contribution in [0.15, 0.2) is 47.8 Å². The molecule has 2 amide bonds. The molecule has 3 atom stereocenters. The van der Waals surface area contributed by atoms with Gasteiger partial charge in [0, 0.05) is 31.6 Å². The molecule has 136 valence electrons. The third-order valence-corrected chi connectivity index (χ3v) is 6.29. The molecule has 3 heterocycles. The number of amides is 2. The summed E-state index contributed by atoms with van der Waals surface area (Å²) in [5.74, 6) is 0.170. The Morgan fingerprint density at radius 1 is 1.08 bits per heavy atom. The lowest BCUT2D eigenvalue weighted by Gasteiger charge is -2.27. The first-order valence-electron chi connectivity index (χ1n) is 9.09. The minimum atomic E-state index is -0.355. The molecule has 4 rings (SSSR count). The van der Waals surface area contributed by atoms with E-state index in [2.05, 4.69) is 12.1 Å². The first-order chi connectivity index (χ1) is 12.6. The Kier molecular flexibility index (Phi) is 4.78. The second-order valence-electron chi connectivity index (χ2n) is 7.06. The lowest BCUT2D eigenvalue weighted by atomic mass is 9.95. The zero-order valence-corrected chi connectivity index (χ0v) is 15.4. The first-order valence-corrected chi connectivity index (χ1v) is 9.97. The highest BCUT2D eigenvalue weighted by atomic mass is 32.1. The van der Waals surface area contributed by atoms with Crippen LogP contribution in [-0.4, -0.2) is 53.3 Å². The molecule has 6 heteroatoms. The Morgan fingerprint density at radius 3 is 2.62 bits per heavy atom. The molecule has 1 unspecified atom stereocenters. The summed E-state index contributed by atoms with van der Waals surface area (Å²) in [6, 6.07) is 13.4. The van der Waals surface area contributed by atoms with Gasteiger partial charge in [-0.1, -0.05) is 36.4 Å². The maximum atomic E-state index is 13.1. The van der Waals surface area contributed by atoms with Gasteiger partial charge in [0.2, 0.25) is 5.91 Å². The van der Waals surface area contributed by atoms with E-state index in [1.54, 1.807) is 4.90 Å². The summed E-state index contributed by atoms with van der Waals surface area (Å²) >= 11 is 1.43. The summed E-state index contributed by atoms with van der Waals surface area (Å²) in [6.45, 7) is 1.83. The van der Waals surface area contributed by atoms with Crippen LogP contribution < -0.4 is 5.73 Å². The highest BCUT2D eigenvalue weighted by molar-refractivity contribution is 7.12. The molecule has 2 N–H and O–H groups in total. The predicted octanol–water partition coefficient (Wildman–Crippen LogP) is 2.31. The molecule has 0 aliphatic carbocycles. The fourth-order valence-electron chi connectivity index (χ4n) is 4.08. The Labute approximate surface area is 157 Å². The fourth-order valence-corrected chi connectivity index (χ4v) is 4.76. The predicted molar refractivity (Wildman–Crippen MR) is 102 cm³/mol. The Hall–Kier alpha value is -2.18. The zero-order valence-electron chi connectivity index (χ0n) is 14.6. The maximum Gasteiger partial charge on any atom is 0.264 e. The molecule has 1 aromatic heterocycles. The van der Waals surface area contributed by atoms with Crippen molar-refractivity contribution in [2.75, 3.05) is 19.6 Å². The smallest absolute Gasteiger partial charge is 0.264 e. The minimum absolute atomic E-state index is 0.0287. The molecule has 5 nitrogen and oxygen atoms in total. The minimum Gasteiger partial charge on any atom is -0.339 e. The highest BCUT2D eigenvalue weighted by Crippen LogP contribution is 2.29. The second kappa shape index (κ2) is 7.21. The summed E-state index contributed by atoms with van der Waals surface area (Å²) in [4.78, 5) is 30.2. The van der Waals surface area contributed by atoms with Gasteiger partial charge in [-0.15, -0.1) is 11.3 Å². The van der Waals surface area contributed by atoms with Crippen molar-refractivity contribution < 1.29 is 9.59 Å². The van der Waals surface area contributed by atoms with Gasteiger partial charge in [-0.05, 0) is 29.9 Å². The Balaban J connectivity index is 1.48. The van der Waals surface area contributed by atoms with E-state index in [1.807, 2.05) is 40.6 Å². The Morgan fingerprint density at radius 2 is 1.88 bits per heavy atom. The van der Waals surface area contributed by atoms with Crippen molar-refractivity contribution in [3.05, 3.63) is 58.3 Å². The lowest BCUT2D eigenvalue weighted by Crippen LogP contribution is -2.47. The van der Waals surface area contributed by atoms with E-state index in [-0.39, 0.29) is 29.8 Å². The molecule has 0 saturated carbocycles. The van der Waals surface area contributed by atoms with Gasteiger partial charge < -0.3 is 15.5 Å². The number of nitrogens with zero attached hydrogens (tertiary/aromatic N) is 2. The van der Waals surface area contributed by atoms with Crippen molar-refractivity contribution >= 4 is 23.2 Å². The summed E-state index contributed by atoms with van der Waals surface area (Å²) < 4.78 is 0. The van der Waals surface area contributed by atoms with E-state index in [9.17, 15) is 9.59 Å². The molecule has 0 bridgehead atoms. The van der Waals surface area contributed by atoms with Crippen LogP contribution >= 0.6 is 11.3 Å². The molecular weight excluding hydrogens is 346 g/mol. The van der Waals surface area contributed by atoms with Gasteiger partial charge in [-0.25, -0.2) is 0 Å². The van der Waals surface area contributed by atoms with Crippen molar-refractivity contribution in [1.29, 1.82) is 0 Å². The van der Waals surface area contributed by atoms with Crippen molar-refractivity contribution in [1.82, 2.24) is 9.80 Å². The van der Waals surface area contributed by atoms with E-state index in [1.165, 1.54) is 16.9 Å². The number of hydrogen-bond donors (Lipinski definition) is 1. The number of likely N-dealkylation sites (tertiary alicyclic amines) is 2. The summed E-state index contributed by atoms with van der Waals surface area (Å²) in [5, 5.41) is 1.89. The maximum absolute atomic E-state index is 13.1. The topological polar surface area (TPSA) is 66.6 Å². The van der Waals surface area contributed by atoms with Crippen LogP contribution in [0.3, 0.4) is 0 Å². The van der Waals surface area contributed by atoms with Crippen LogP contribution in [-0.2, 0) is 4.79 Å². The molecular formula is C20H23N3O2S. The lowest BCUT2D eigenvalue weighted by molar-refractivity contribution is -0.134. The summed E-state index contributed by atoms with van der Waals surface area (Å²) in [6.07, 6.45) is 1.60. The fraction of sp³-hybridized carbons (Fsp3) is 0.400. The highest BCUT2D eigenvalue weighted by Gasteiger charge is 2.41. The van der Waals surface area contributed by atoms with Crippen LogP contribution in [0.25, 0.3) is 0 Å². The monoisotopic (exact) mass is 369 g/mol. The van der Waals surface area contributed by atoms with Gasteiger partial charge in [0.1, 0.15) is 6.04 Å². The average molecular weight is 369 g/mol. The zero-order chi connectivity index (χ0) is 18.1. The van der Waals surface area contributed by atoms with E-state index in [0.29, 0.717) is 24.5 Å². The molecule has 2 aliphatic rings. The third kappa shape index (κ3) is 3.15. The van der Waals surface area contributed by atoms with Crippen molar-refractivity contribution in [3.8, 4) is 0 Å². The first kappa shape index (κ1) is 17.2. The van der Waals surface area contributed by atoms with Gasteiger partial charge in [0.25, 0.3) is 5.91 Å². The van der Waals surface area contributed by atoms with Gasteiger partial charge in [0.05, 0.1) is 4.88 Å². The van der Waals surface area contributed by atoms with Crippen molar-refractivity contribution in [2.45, 2.75) is 30.8 Å². The molecule has 2 aliphatic heterocycles. The number of nitrogens with two attached hydrogens (primary N) is 1. The number of benzene rings is 1. The number of hydrogen-bond acceptors (Lipinski definition) is 4. The number of thiophene rings is 1. The molecule has 1 aromatic carbocycles. The number of carbonyl (C=O) groups is 2. The van der Waals surface area contributed by atoms with Crippen molar-refractivity contribution in [2.24, 2.45) is 5.73 Å². The molecule has 26 heavy (non-hydrogen) atoms. The molecule has 0 spiro atoms. The largest absolute Gasteiger partial charge is 0.339 e. The molecule has 2 saturated heterocycles. The van der Waals surface area contributed by atoms with Crippen molar-refractivity contribution in [3.63, 3.8) is 0 Å². The summed E-state index contributed by atoms with van der Waals surface area (Å²) in [5.41, 5.74) is 7.51. The SMILES string of the molecule is N[C@@H]1CN(C(=O)C2CCCN2C(=O)c2cccs2)C[C@H]1c1ccccc1. The second-order valence-corrected chi connectivity index (χ2v) is 8.01. The van der Waals surface area contributed by atoms with E-state index in [0.717, 1.165) is 12.8 Å².